The van der Waals surface area contributed by atoms with Gasteiger partial charge in [0.2, 0.25) is 5.91 Å². The number of anilines is 1. The fourth-order valence-corrected chi connectivity index (χ4v) is 5.39. The lowest BCUT2D eigenvalue weighted by Gasteiger charge is -2.23. The molecule has 19 heavy (non-hydrogen) atoms. The van der Waals surface area contributed by atoms with Gasteiger partial charge >= 0.3 is 0 Å². The highest BCUT2D eigenvalue weighted by molar-refractivity contribution is 9.10. The first kappa shape index (κ1) is 13.1. The van der Waals surface area contributed by atoms with Gasteiger partial charge in [0.05, 0.1) is 17.5 Å². The fraction of sp³-hybridized carbons (Fsp3) is 0.462. The van der Waals surface area contributed by atoms with E-state index < -0.39 is 9.84 Å². The van der Waals surface area contributed by atoms with Gasteiger partial charge < -0.3 is 4.90 Å². The van der Waals surface area contributed by atoms with Gasteiger partial charge in [0.15, 0.2) is 9.84 Å². The lowest BCUT2D eigenvalue weighted by atomic mass is 10.0. The van der Waals surface area contributed by atoms with Crippen LogP contribution in [0.25, 0.3) is 0 Å². The first-order valence-electron chi connectivity index (χ1n) is 6.16. The largest absolute Gasteiger partial charge is 0.308 e. The number of halogens is 1. The third kappa shape index (κ3) is 2.21. The zero-order valence-electron chi connectivity index (χ0n) is 10.5. The zero-order valence-corrected chi connectivity index (χ0v) is 12.9. The molecule has 0 N–H and O–H groups in total. The van der Waals surface area contributed by atoms with Crippen LogP contribution in [-0.2, 0) is 14.6 Å². The molecule has 1 aromatic carbocycles. The monoisotopic (exact) mass is 343 g/mol. The molecule has 1 aromatic rings. The standard InChI is InChI=1S/C13H14BrNO3S/c1-8-2-3-10(5-11(8)14)15-12-7-19(17,18)6-9(12)4-13(15)16/h2-3,5,9,12H,4,6-7H2,1H3/t9-,12+/m1/s1. The van der Waals surface area contributed by atoms with E-state index in [0.717, 1.165) is 15.7 Å². The molecule has 0 aliphatic carbocycles. The van der Waals surface area contributed by atoms with E-state index in [1.54, 1.807) is 4.90 Å². The second-order valence-electron chi connectivity index (χ2n) is 5.31. The van der Waals surface area contributed by atoms with E-state index in [0.29, 0.717) is 6.42 Å². The molecule has 0 radical (unpaired) electrons. The van der Waals surface area contributed by atoms with Crippen molar-refractivity contribution in [2.24, 2.45) is 5.92 Å². The van der Waals surface area contributed by atoms with Crippen molar-refractivity contribution < 1.29 is 13.2 Å². The van der Waals surface area contributed by atoms with Gasteiger partial charge in [0.25, 0.3) is 0 Å². The van der Waals surface area contributed by atoms with Crippen LogP contribution in [0, 0.1) is 12.8 Å². The Labute approximate surface area is 120 Å². The van der Waals surface area contributed by atoms with Crippen LogP contribution in [0.4, 0.5) is 5.69 Å². The van der Waals surface area contributed by atoms with E-state index in [2.05, 4.69) is 15.9 Å². The summed E-state index contributed by atoms with van der Waals surface area (Å²) in [5, 5.41) is 0. The number of fused-ring (bicyclic) bond motifs is 1. The maximum atomic E-state index is 12.1. The molecule has 6 heteroatoms. The molecule has 2 atom stereocenters. The van der Waals surface area contributed by atoms with Gasteiger partial charge in [-0.1, -0.05) is 22.0 Å². The van der Waals surface area contributed by atoms with Gasteiger partial charge in [0.1, 0.15) is 0 Å². The van der Waals surface area contributed by atoms with Crippen molar-refractivity contribution in [2.75, 3.05) is 16.4 Å². The summed E-state index contributed by atoms with van der Waals surface area (Å²) in [4.78, 5) is 13.8. The number of sulfone groups is 1. The predicted octanol–water partition coefficient (Wildman–Crippen LogP) is 1.91. The molecule has 2 aliphatic heterocycles. The Morgan fingerprint density at radius 3 is 2.74 bits per heavy atom. The summed E-state index contributed by atoms with van der Waals surface area (Å²) in [7, 11) is -2.99. The predicted molar refractivity (Wildman–Crippen MR) is 76.9 cm³/mol. The molecule has 0 spiro atoms. The molecule has 0 saturated carbocycles. The molecule has 2 saturated heterocycles. The SMILES string of the molecule is Cc1ccc(N2C(=O)C[C@@H]3CS(=O)(=O)C[C@@H]32)cc1Br. The van der Waals surface area contributed by atoms with Crippen LogP contribution in [0.2, 0.25) is 0 Å². The molecule has 4 nitrogen and oxygen atoms in total. The van der Waals surface area contributed by atoms with Crippen LogP contribution in [0.3, 0.4) is 0 Å². The number of carbonyl (C=O) groups excluding carboxylic acids is 1. The van der Waals surface area contributed by atoms with Gasteiger partial charge in [0, 0.05) is 22.5 Å². The van der Waals surface area contributed by atoms with Crippen LogP contribution in [0.15, 0.2) is 22.7 Å². The van der Waals surface area contributed by atoms with Gasteiger partial charge in [-0.2, -0.15) is 0 Å². The second kappa shape index (κ2) is 4.31. The Kier molecular flexibility index (Phi) is 2.98. The number of amides is 1. The molecule has 2 heterocycles. The summed E-state index contributed by atoms with van der Waals surface area (Å²) in [6.07, 6.45) is 0.343. The summed E-state index contributed by atoms with van der Waals surface area (Å²) < 4.78 is 24.3. The molecular formula is C13H14BrNO3S. The van der Waals surface area contributed by atoms with Crippen LogP contribution in [-0.4, -0.2) is 31.9 Å². The lowest BCUT2D eigenvalue weighted by molar-refractivity contribution is -0.117. The Hall–Kier alpha value is -0.880. The van der Waals surface area contributed by atoms with Crippen molar-refractivity contribution in [3.8, 4) is 0 Å². The van der Waals surface area contributed by atoms with Crippen molar-refractivity contribution in [3.63, 3.8) is 0 Å². The molecule has 3 rings (SSSR count). The molecule has 2 aliphatic rings. The number of hydrogen-bond acceptors (Lipinski definition) is 3. The summed E-state index contributed by atoms with van der Waals surface area (Å²) in [5.74, 6) is 0.222. The van der Waals surface area contributed by atoms with E-state index in [1.165, 1.54) is 0 Å². The van der Waals surface area contributed by atoms with Gasteiger partial charge in [-0.25, -0.2) is 8.42 Å². The lowest BCUT2D eigenvalue weighted by Crippen LogP contribution is -2.36. The van der Waals surface area contributed by atoms with Crippen LogP contribution >= 0.6 is 15.9 Å². The smallest absolute Gasteiger partial charge is 0.227 e. The number of hydrogen-bond donors (Lipinski definition) is 0. The van der Waals surface area contributed by atoms with E-state index in [-0.39, 0.29) is 29.4 Å². The minimum absolute atomic E-state index is 0.0284. The van der Waals surface area contributed by atoms with Gasteiger partial charge in [-0.15, -0.1) is 0 Å². The van der Waals surface area contributed by atoms with Crippen LogP contribution in [0.1, 0.15) is 12.0 Å². The maximum absolute atomic E-state index is 12.1. The summed E-state index contributed by atoms with van der Waals surface area (Å²) in [6.45, 7) is 1.97. The van der Waals surface area contributed by atoms with Gasteiger partial charge in [-0.3, -0.25) is 4.79 Å². The summed E-state index contributed by atoms with van der Waals surface area (Å²) in [6, 6.07) is 5.52. The van der Waals surface area contributed by atoms with E-state index >= 15 is 0 Å². The number of rotatable bonds is 1. The Morgan fingerprint density at radius 2 is 2.05 bits per heavy atom. The van der Waals surface area contributed by atoms with Crippen molar-refractivity contribution in [2.45, 2.75) is 19.4 Å². The number of carbonyl (C=O) groups is 1. The minimum Gasteiger partial charge on any atom is -0.308 e. The Morgan fingerprint density at radius 1 is 1.32 bits per heavy atom. The Bertz CT molecular complexity index is 656. The molecule has 2 fully saturated rings. The Balaban J connectivity index is 1.99. The quantitative estimate of drug-likeness (QED) is 0.782. The normalized spacial score (nSPS) is 28.7. The number of aryl methyl sites for hydroxylation is 1. The highest BCUT2D eigenvalue weighted by Crippen LogP contribution is 2.38. The highest BCUT2D eigenvalue weighted by Gasteiger charge is 2.49. The average Bonchev–Trinajstić information content (AvgIpc) is 2.73. The van der Waals surface area contributed by atoms with Crippen molar-refractivity contribution >= 4 is 37.4 Å². The molecule has 0 aromatic heterocycles. The van der Waals surface area contributed by atoms with Gasteiger partial charge in [-0.05, 0) is 24.6 Å². The summed E-state index contributed by atoms with van der Waals surface area (Å²) >= 11 is 3.45. The molecule has 0 unspecified atom stereocenters. The first-order valence-corrected chi connectivity index (χ1v) is 8.77. The van der Waals surface area contributed by atoms with E-state index in [4.69, 9.17) is 0 Å². The summed E-state index contributed by atoms with van der Waals surface area (Å²) in [5.41, 5.74) is 1.87. The number of benzene rings is 1. The van der Waals surface area contributed by atoms with Crippen molar-refractivity contribution in [1.82, 2.24) is 0 Å². The third-order valence-electron chi connectivity index (χ3n) is 3.91. The zero-order chi connectivity index (χ0) is 13.8. The highest BCUT2D eigenvalue weighted by atomic mass is 79.9. The van der Waals surface area contributed by atoms with Crippen LogP contribution < -0.4 is 4.90 Å². The van der Waals surface area contributed by atoms with Crippen LogP contribution in [0.5, 0.6) is 0 Å². The first-order chi connectivity index (χ1) is 8.87. The third-order valence-corrected chi connectivity index (χ3v) is 6.55. The van der Waals surface area contributed by atoms with E-state index in [1.807, 2.05) is 25.1 Å². The molecular weight excluding hydrogens is 330 g/mol. The average molecular weight is 344 g/mol. The topological polar surface area (TPSA) is 54.5 Å². The molecule has 1 amide bonds. The fourth-order valence-electron chi connectivity index (χ4n) is 2.96. The number of nitrogens with zero attached hydrogens (tertiary/aromatic N) is 1. The van der Waals surface area contributed by atoms with Crippen molar-refractivity contribution in [1.29, 1.82) is 0 Å². The molecule has 0 bridgehead atoms. The van der Waals surface area contributed by atoms with Crippen molar-refractivity contribution in [3.05, 3.63) is 28.2 Å². The molecule has 102 valence electrons. The second-order valence-corrected chi connectivity index (χ2v) is 8.31. The minimum atomic E-state index is -2.99. The van der Waals surface area contributed by atoms with E-state index in [9.17, 15) is 13.2 Å². The maximum Gasteiger partial charge on any atom is 0.227 e.